The molecule has 0 bridgehead atoms. The minimum Gasteiger partial charge on any atom is -0.353 e. The van der Waals surface area contributed by atoms with Gasteiger partial charge in [0.2, 0.25) is 5.91 Å². The molecule has 3 heterocycles. The van der Waals surface area contributed by atoms with E-state index in [4.69, 9.17) is 0 Å². The second kappa shape index (κ2) is 6.22. The summed E-state index contributed by atoms with van der Waals surface area (Å²) in [5.74, 6) is 1.15. The van der Waals surface area contributed by atoms with Gasteiger partial charge in [-0.3, -0.25) is 10.1 Å². The smallest absolute Gasteiger partial charge is 0.243 e. The highest BCUT2D eigenvalue weighted by atomic mass is 16.2. The second-order valence-electron chi connectivity index (χ2n) is 5.35. The van der Waals surface area contributed by atoms with Crippen LogP contribution in [0.5, 0.6) is 0 Å². The van der Waals surface area contributed by atoms with E-state index in [0.29, 0.717) is 0 Å². The van der Waals surface area contributed by atoms with E-state index in [2.05, 4.69) is 27.1 Å². The number of nitrogens with one attached hydrogen (secondary N) is 1. The highest BCUT2D eigenvalue weighted by Gasteiger charge is 2.27. The van der Waals surface area contributed by atoms with E-state index in [-0.39, 0.29) is 11.9 Å². The van der Waals surface area contributed by atoms with Gasteiger partial charge in [0, 0.05) is 44.5 Å². The molecule has 1 N–H and O–H groups in total. The third-order valence-electron chi connectivity index (χ3n) is 4.04. The molecular formula is C15H21N5O. The van der Waals surface area contributed by atoms with Crippen LogP contribution in [0.15, 0.2) is 24.5 Å². The maximum Gasteiger partial charge on any atom is 0.243 e. The highest BCUT2D eigenvalue weighted by molar-refractivity contribution is 5.84. The van der Waals surface area contributed by atoms with Crippen molar-refractivity contribution in [3.8, 4) is 0 Å². The molecule has 1 fully saturated rings. The third kappa shape index (κ3) is 3.05. The van der Waals surface area contributed by atoms with E-state index in [1.54, 1.807) is 6.33 Å². The Bertz CT molecular complexity index is 537. The Labute approximate surface area is 124 Å². The van der Waals surface area contributed by atoms with Crippen molar-refractivity contribution in [1.82, 2.24) is 20.2 Å². The summed E-state index contributed by atoms with van der Waals surface area (Å²) >= 11 is 0. The molecule has 2 aliphatic rings. The van der Waals surface area contributed by atoms with Crippen molar-refractivity contribution >= 4 is 11.7 Å². The van der Waals surface area contributed by atoms with Crippen LogP contribution in [0, 0.1) is 0 Å². The average molecular weight is 287 g/mol. The Morgan fingerprint density at radius 1 is 1.33 bits per heavy atom. The number of amides is 1. The Kier molecular flexibility index (Phi) is 4.15. The molecule has 1 aromatic rings. The molecule has 3 rings (SSSR count). The molecule has 1 atom stereocenters. The summed E-state index contributed by atoms with van der Waals surface area (Å²) in [5, 5.41) is 3.18. The summed E-state index contributed by atoms with van der Waals surface area (Å²) in [6.45, 7) is 6.01. The van der Waals surface area contributed by atoms with Crippen molar-refractivity contribution < 1.29 is 4.79 Å². The topological polar surface area (TPSA) is 61.4 Å². The fourth-order valence-corrected chi connectivity index (χ4v) is 2.74. The lowest BCUT2D eigenvalue weighted by Gasteiger charge is -2.36. The van der Waals surface area contributed by atoms with Gasteiger partial charge in [-0.2, -0.15) is 0 Å². The summed E-state index contributed by atoms with van der Waals surface area (Å²) in [6, 6.07) is 1.90. The number of hydrogen-bond acceptors (Lipinski definition) is 5. The standard InChI is InChI=1S/C15H21N5O/c1-2-12-10-14(18-11-17-12)19-6-8-20(9-7-19)15(21)13-4-3-5-16-13/h3-4,10-11,13,16H,2,5-9H2,1H3/t13-/m0/s1. The fourth-order valence-electron chi connectivity index (χ4n) is 2.74. The quantitative estimate of drug-likeness (QED) is 0.806. The minimum absolute atomic E-state index is 0.137. The van der Waals surface area contributed by atoms with Crippen molar-refractivity contribution in [3.63, 3.8) is 0 Å². The van der Waals surface area contributed by atoms with Gasteiger partial charge in [-0.05, 0) is 6.42 Å². The zero-order valence-corrected chi connectivity index (χ0v) is 12.3. The van der Waals surface area contributed by atoms with Crippen LogP contribution < -0.4 is 10.2 Å². The van der Waals surface area contributed by atoms with Gasteiger partial charge >= 0.3 is 0 Å². The molecule has 1 saturated heterocycles. The van der Waals surface area contributed by atoms with E-state index in [1.165, 1.54) is 0 Å². The van der Waals surface area contributed by atoms with Crippen LogP contribution in [0.4, 0.5) is 5.82 Å². The first-order valence-corrected chi connectivity index (χ1v) is 7.52. The Morgan fingerprint density at radius 2 is 2.14 bits per heavy atom. The molecule has 0 aromatic carbocycles. The first kappa shape index (κ1) is 14.0. The Hall–Kier alpha value is -1.95. The van der Waals surface area contributed by atoms with Crippen LogP contribution in [0.2, 0.25) is 0 Å². The molecule has 0 spiro atoms. The van der Waals surface area contributed by atoms with Crippen LogP contribution >= 0.6 is 0 Å². The Morgan fingerprint density at radius 3 is 2.81 bits per heavy atom. The number of anilines is 1. The van der Waals surface area contributed by atoms with E-state index in [9.17, 15) is 4.79 Å². The van der Waals surface area contributed by atoms with Gasteiger partial charge in [0.05, 0.1) is 0 Å². The van der Waals surface area contributed by atoms with E-state index in [1.807, 2.05) is 23.1 Å². The molecule has 0 unspecified atom stereocenters. The number of aryl methyl sites for hydroxylation is 1. The molecule has 6 nitrogen and oxygen atoms in total. The fraction of sp³-hybridized carbons (Fsp3) is 0.533. The zero-order chi connectivity index (χ0) is 14.7. The number of piperazine rings is 1. The summed E-state index contributed by atoms with van der Waals surface area (Å²) in [5.41, 5.74) is 1.05. The Balaban J connectivity index is 1.59. The summed E-state index contributed by atoms with van der Waals surface area (Å²) in [4.78, 5) is 25.0. The predicted octanol–water partition coefficient (Wildman–Crippen LogP) is 0.216. The van der Waals surface area contributed by atoms with E-state index >= 15 is 0 Å². The van der Waals surface area contributed by atoms with Crippen molar-refractivity contribution in [2.24, 2.45) is 0 Å². The molecule has 1 amide bonds. The average Bonchev–Trinajstić information content (AvgIpc) is 3.09. The number of nitrogens with zero attached hydrogens (tertiary/aromatic N) is 4. The number of rotatable bonds is 3. The normalized spacial score (nSPS) is 21.9. The second-order valence-corrected chi connectivity index (χ2v) is 5.35. The van der Waals surface area contributed by atoms with Crippen molar-refractivity contribution in [2.45, 2.75) is 19.4 Å². The summed E-state index contributed by atoms with van der Waals surface area (Å²) in [6.07, 6.45) is 6.49. The van der Waals surface area contributed by atoms with Gasteiger partial charge in [0.25, 0.3) is 0 Å². The molecule has 21 heavy (non-hydrogen) atoms. The lowest BCUT2D eigenvalue weighted by Crippen LogP contribution is -2.53. The molecule has 1 aromatic heterocycles. The van der Waals surface area contributed by atoms with Crippen LogP contribution in [-0.4, -0.2) is 59.5 Å². The molecule has 0 radical (unpaired) electrons. The van der Waals surface area contributed by atoms with Crippen molar-refractivity contribution in [1.29, 1.82) is 0 Å². The molecule has 6 heteroatoms. The van der Waals surface area contributed by atoms with Crippen LogP contribution in [0.1, 0.15) is 12.6 Å². The SMILES string of the molecule is CCc1cc(N2CCN(C(=O)[C@@H]3C=CCN3)CC2)ncn1. The lowest BCUT2D eigenvalue weighted by molar-refractivity contribution is -0.132. The maximum atomic E-state index is 12.3. The zero-order valence-electron chi connectivity index (χ0n) is 12.3. The highest BCUT2D eigenvalue weighted by Crippen LogP contribution is 2.15. The van der Waals surface area contributed by atoms with Crippen LogP contribution in [0.25, 0.3) is 0 Å². The first-order valence-electron chi connectivity index (χ1n) is 7.52. The van der Waals surface area contributed by atoms with Gasteiger partial charge in [-0.25, -0.2) is 9.97 Å². The summed E-state index contributed by atoms with van der Waals surface area (Å²) < 4.78 is 0. The molecule has 112 valence electrons. The van der Waals surface area contributed by atoms with Crippen molar-refractivity contribution in [3.05, 3.63) is 30.2 Å². The van der Waals surface area contributed by atoms with Crippen molar-refractivity contribution in [2.75, 3.05) is 37.6 Å². The number of carbonyl (C=O) groups is 1. The number of aromatic nitrogens is 2. The maximum absolute atomic E-state index is 12.3. The van der Waals surface area contributed by atoms with Gasteiger partial charge in [-0.15, -0.1) is 0 Å². The van der Waals surface area contributed by atoms with Crippen LogP contribution in [-0.2, 0) is 11.2 Å². The largest absolute Gasteiger partial charge is 0.353 e. The molecule has 2 aliphatic heterocycles. The first-order chi connectivity index (χ1) is 10.3. The summed E-state index contributed by atoms with van der Waals surface area (Å²) in [7, 11) is 0. The number of carbonyl (C=O) groups excluding carboxylic acids is 1. The predicted molar refractivity (Wildman–Crippen MR) is 81.1 cm³/mol. The van der Waals surface area contributed by atoms with Crippen LogP contribution in [0.3, 0.4) is 0 Å². The molecular weight excluding hydrogens is 266 g/mol. The minimum atomic E-state index is -0.137. The van der Waals surface area contributed by atoms with E-state index in [0.717, 1.165) is 50.7 Å². The molecule has 0 aliphatic carbocycles. The van der Waals surface area contributed by atoms with E-state index < -0.39 is 0 Å². The lowest BCUT2D eigenvalue weighted by atomic mass is 10.2. The van der Waals surface area contributed by atoms with Gasteiger partial charge in [-0.1, -0.05) is 19.1 Å². The number of hydrogen-bond donors (Lipinski definition) is 1. The monoisotopic (exact) mass is 287 g/mol. The van der Waals surface area contributed by atoms with Gasteiger partial charge in [0.1, 0.15) is 18.2 Å². The molecule has 0 saturated carbocycles. The van der Waals surface area contributed by atoms with Gasteiger partial charge < -0.3 is 9.80 Å². The third-order valence-corrected chi connectivity index (χ3v) is 4.04. The van der Waals surface area contributed by atoms with Gasteiger partial charge in [0.15, 0.2) is 0 Å².